The monoisotopic (exact) mass is 815 g/mol. The topological polar surface area (TPSA) is 36.4 Å². The van der Waals surface area contributed by atoms with Crippen LogP contribution in [-0.2, 0) is 12.4 Å². The van der Waals surface area contributed by atoms with Crippen molar-refractivity contribution >= 4 is 78.9 Å². The lowest BCUT2D eigenvalue weighted by Crippen LogP contribution is -2.25. The van der Waals surface area contributed by atoms with E-state index in [0.717, 1.165) is 43.0 Å². The quantitative estimate of drug-likeness (QED) is 0.0956. The number of halogens is 6. The second kappa shape index (κ2) is 15.6. The van der Waals surface area contributed by atoms with Gasteiger partial charge in [-0.25, -0.2) is 0 Å². The van der Waals surface area contributed by atoms with Gasteiger partial charge in [0.2, 0.25) is 0 Å². The minimum atomic E-state index is -5.02. The largest absolute Gasteiger partial charge is 0.416 e. The summed E-state index contributed by atoms with van der Waals surface area (Å²) in [4.78, 5) is 0. The van der Waals surface area contributed by atoms with Gasteiger partial charge in [-0.1, -0.05) is 152 Å². The molecule has 11 heteroatoms. The standard InChI is InChI=1S/C47H32F6N3PS/c48-46(49,50)33-28-34(47(51,52)53)30-35(29-33)54-45(58)55-41-26-24-31-14-10-12-22-39(31)43(41)44-40-23-13-11-15-32(40)25-27-42(44)56-57(36-16-4-1-5-17-36,37-18-6-2-7-19-37)38-20-8-3-9-21-38/h1-30H,(H2,54,55,58). The predicted molar refractivity (Wildman–Crippen MR) is 230 cm³/mol. The Labute approximate surface area is 336 Å². The molecule has 2 N–H and O–H groups in total. The predicted octanol–water partition coefficient (Wildman–Crippen LogP) is 13.3. The molecule has 58 heavy (non-hydrogen) atoms. The van der Waals surface area contributed by atoms with Gasteiger partial charge in [0.1, 0.15) is 0 Å². The van der Waals surface area contributed by atoms with E-state index < -0.39 is 36.2 Å². The summed E-state index contributed by atoms with van der Waals surface area (Å²) in [6.07, 6.45) is -10.0. The maximum Gasteiger partial charge on any atom is 0.416 e. The van der Waals surface area contributed by atoms with Crippen LogP contribution in [0, 0.1) is 0 Å². The van der Waals surface area contributed by atoms with Gasteiger partial charge < -0.3 is 10.6 Å². The van der Waals surface area contributed by atoms with Gasteiger partial charge in [-0.2, -0.15) is 26.3 Å². The molecule has 0 saturated heterocycles. The lowest BCUT2D eigenvalue weighted by atomic mass is 9.91. The summed E-state index contributed by atoms with van der Waals surface area (Å²) in [5, 5.41) is 12.2. The Morgan fingerprint density at radius 2 is 0.897 bits per heavy atom. The third-order valence-corrected chi connectivity index (χ3v) is 13.7. The number of hydrogen-bond donors (Lipinski definition) is 2. The zero-order chi connectivity index (χ0) is 40.5. The Bertz CT molecular complexity index is 2710. The fourth-order valence-corrected chi connectivity index (χ4v) is 11.0. The summed E-state index contributed by atoms with van der Waals surface area (Å²) in [7, 11) is -2.80. The number of thiocarbonyl (C=S) groups is 1. The lowest BCUT2D eigenvalue weighted by Gasteiger charge is -2.28. The lowest BCUT2D eigenvalue weighted by molar-refractivity contribution is -0.143. The normalized spacial score (nSPS) is 12.0. The van der Waals surface area contributed by atoms with E-state index in [1.54, 1.807) is 6.07 Å². The minimum Gasteiger partial charge on any atom is -0.332 e. The molecule has 0 aliphatic heterocycles. The highest BCUT2D eigenvalue weighted by molar-refractivity contribution is 7.87. The molecule has 8 aromatic rings. The molecule has 0 spiro atoms. The molecule has 0 fully saturated rings. The first-order valence-corrected chi connectivity index (χ1v) is 20.3. The minimum absolute atomic E-state index is 0.0810. The van der Waals surface area contributed by atoms with Gasteiger partial charge >= 0.3 is 12.4 Å². The Kier molecular flexibility index (Phi) is 10.4. The number of rotatable bonds is 7. The third-order valence-electron chi connectivity index (χ3n) is 9.83. The number of benzene rings is 8. The van der Waals surface area contributed by atoms with E-state index >= 15 is 0 Å². The molecular formula is C47H32F6N3PS. The number of hydrogen-bond acceptors (Lipinski definition) is 2. The first-order chi connectivity index (χ1) is 27.9. The molecule has 0 saturated carbocycles. The highest BCUT2D eigenvalue weighted by atomic mass is 32.1. The van der Waals surface area contributed by atoms with Crippen molar-refractivity contribution in [2.45, 2.75) is 12.4 Å². The van der Waals surface area contributed by atoms with Gasteiger partial charge in [0.25, 0.3) is 0 Å². The van der Waals surface area contributed by atoms with E-state index in [2.05, 4.69) is 47.0 Å². The smallest absolute Gasteiger partial charge is 0.332 e. The van der Waals surface area contributed by atoms with Crippen LogP contribution in [0.4, 0.5) is 43.4 Å². The fraction of sp³-hybridized carbons (Fsp3) is 0.0426. The molecule has 0 bridgehead atoms. The van der Waals surface area contributed by atoms with Crippen molar-refractivity contribution in [3.63, 3.8) is 0 Å². The number of nitrogens with zero attached hydrogens (tertiary/aromatic N) is 1. The molecule has 0 atom stereocenters. The maximum absolute atomic E-state index is 13.8. The van der Waals surface area contributed by atoms with Crippen molar-refractivity contribution < 1.29 is 26.3 Å². The molecule has 8 aromatic carbocycles. The SMILES string of the molecule is FC(F)(F)c1cc(NC(=S)Nc2ccc3ccccc3c2-c2c(N=P(c3ccccc3)(c3ccccc3)c3ccccc3)ccc3ccccc23)cc(C(F)(F)F)c1. The number of nitrogens with one attached hydrogen (secondary N) is 2. The second-order valence-electron chi connectivity index (χ2n) is 13.5. The summed E-state index contributed by atoms with van der Waals surface area (Å²) in [5.41, 5.74) is -0.766. The summed E-state index contributed by atoms with van der Waals surface area (Å²) < 4.78 is 88.5. The van der Waals surface area contributed by atoms with E-state index in [-0.39, 0.29) is 11.2 Å². The zero-order valence-corrected chi connectivity index (χ0v) is 32.1. The van der Waals surface area contributed by atoms with Gasteiger partial charge in [-0.05, 0) is 64.1 Å². The van der Waals surface area contributed by atoms with E-state index in [1.165, 1.54) is 0 Å². The Hall–Kier alpha value is -6.22. The zero-order valence-electron chi connectivity index (χ0n) is 30.4. The van der Waals surface area contributed by atoms with Crippen LogP contribution in [0.25, 0.3) is 32.7 Å². The van der Waals surface area contributed by atoms with E-state index in [9.17, 15) is 26.3 Å². The van der Waals surface area contributed by atoms with Crippen LogP contribution >= 0.6 is 19.3 Å². The molecule has 0 amide bonds. The second-order valence-corrected chi connectivity index (χ2v) is 16.9. The molecule has 0 radical (unpaired) electrons. The summed E-state index contributed by atoms with van der Waals surface area (Å²) in [5.74, 6) is 0. The van der Waals surface area contributed by atoms with E-state index in [0.29, 0.717) is 29.1 Å². The molecule has 0 aromatic heterocycles. The first-order valence-electron chi connectivity index (χ1n) is 18.1. The maximum atomic E-state index is 13.8. The summed E-state index contributed by atoms with van der Waals surface area (Å²) >= 11 is 5.63. The van der Waals surface area contributed by atoms with Crippen molar-refractivity contribution in [1.29, 1.82) is 0 Å². The van der Waals surface area contributed by atoms with Crippen molar-refractivity contribution in [2.24, 2.45) is 4.74 Å². The van der Waals surface area contributed by atoms with Crippen molar-refractivity contribution in [2.75, 3.05) is 10.6 Å². The molecule has 288 valence electrons. The Morgan fingerprint density at radius 1 is 0.466 bits per heavy atom. The summed E-state index contributed by atoms with van der Waals surface area (Å²) in [6.45, 7) is 0. The fourth-order valence-electron chi connectivity index (χ4n) is 7.28. The van der Waals surface area contributed by atoms with Crippen molar-refractivity contribution in [3.05, 3.63) is 193 Å². The number of fused-ring (bicyclic) bond motifs is 2. The van der Waals surface area contributed by atoms with E-state index in [1.807, 2.05) is 121 Å². The Balaban J connectivity index is 1.39. The van der Waals surface area contributed by atoms with Crippen molar-refractivity contribution in [1.82, 2.24) is 0 Å². The average molecular weight is 816 g/mol. The first kappa shape index (κ1) is 38.6. The van der Waals surface area contributed by atoms with Crippen LogP contribution in [0.1, 0.15) is 11.1 Å². The van der Waals surface area contributed by atoms with Gasteiger partial charge in [-0.15, -0.1) is 0 Å². The van der Waals surface area contributed by atoms with Crippen LogP contribution in [0.15, 0.2) is 187 Å². The van der Waals surface area contributed by atoms with Crippen LogP contribution in [0.5, 0.6) is 0 Å². The van der Waals surface area contributed by atoms with Crippen LogP contribution in [-0.4, -0.2) is 5.11 Å². The molecule has 0 aliphatic carbocycles. The highest BCUT2D eigenvalue weighted by Gasteiger charge is 2.37. The molecular weight excluding hydrogens is 784 g/mol. The van der Waals surface area contributed by atoms with Crippen LogP contribution in [0.2, 0.25) is 0 Å². The van der Waals surface area contributed by atoms with Gasteiger partial charge in [0, 0.05) is 38.4 Å². The molecule has 0 unspecified atom stereocenters. The van der Waals surface area contributed by atoms with Gasteiger partial charge in [0.05, 0.1) is 23.9 Å². The van der Waals surface area contributed by atoms with Crippen LogP contribution < -0.4 is 26.5 Å². The molecule has 3 nitrogen and oxygen atoms in total. The average Bonchev–Trinajstić information content (AvgIpc) is 3.23. The van der Waals surface area contributed by atoms with Gasteiger partial charge in [0.15, 0.2) is 5.11 Å². The van der Waals surface area contributed by atoms with Gasteiger partial charge in [-0.3, -0.25) is 4.74 Å². The Morgan fingerprint density at radius 3 is 1.38 bits per heavy atom. The molecule has 8 rings (SSSR count). The van der Waals surface area contributed by atoms with E-state index in [4.69, 9.17) is 17.0 Å². The highest BCUT2D eigenvalue weighted by Crippen LogP contribution is 2.53. The molecule has 0 heterocycles. The molecule has 0 aliphatic rings. The number of alkyl halides is 6. The third kappa shape index (κ3) is 7.61. The summed E-state index contributed by atoms with van der Waals surface area (Å²) in [6, 6.07) is 55.3. The van der Waals surface area contributed by atoms with Crippen LogP contribution in [0.3, 0.4) is 0 Å². The van der Waals surface area contributed by atoms with Crippen molar-refractivity contribution in [3.8, 4) is 11.1 Å². The number of anilines is 2.